The number of halogens is 21. The Morgan fingerprint density at radius 2 is 0.543 bits per heavy atom. The van der Waals surface area contributed by atoms with Crippen LogP contribution in [0.15, 0.2) is 24.3 Å². The van der Waals surface area contributed by atoms with Crippen molar-refractivity contribution in [3.05, 3.63) is 156 Å². The molecule has 0 unspecified atom stereocenters. The molecule has 0 saturated carbocycles. The molecule has 0 N–H and O–H groups in total. The molecule has 0 amide bonds. The minimum atomic E-state index is -7.22. The summed E-state index contributed by atoms with van der Waals surface area (Å²) >= 11 is 2.51. The average molecular weight is 1170 g/mol. The van der Waals surface area contributed by atoms with E-state index in [9.17, 15) is 62.3 Å². The van der Waals surface area contributed by atoms with Crippen LogP contribution < -0.4 is 43.1 Å². The normalized spacial score (nSPS) is 12.0. The summed E-state index contributed by atoms with van der Waals surface area (Å²) in [6.07, 6.45) is -7.22. The molecule has 4 nitrogen and oxygen atoms in total. The molecule has 0 spiro atoms. The number of thiophene rings is 2. The van der Waals surface area contributed by atoms with E-state index < -0.39 is 177 Å². The average Bonchev–Trinajstić information content (AvgIpc) is 3.96. The third-order valence-corrected chi connectivity index (χ3v) is 15.1. The van der Waals surface area contributed by atoms with Gasteiger partial charge in [-0.1, -0.05) is 22.7 Å². The van der Waals surface area contributed by atoms with Crippen LogP contribution >= 0.6 is 22.7 Å². The first kappa shape index (κ1) is 55.5. The van der Waals surface area contributed by atoms with Gasteiger partial charge in [-0.3, -0.25) is 0 Å². The smallest absolute Gasteiger partial charge is 0.381 e. The fourth-order valence-corrected chi connectivity index (χ4v) is 12.6. The van der Waals surface area contributed by atoms with Gasteiger partial charge in [-0.2, -0.15) is 0 Å². The number of carbonyl (C=O) groups is 2. The SMILES string of the molecule is CC(C)(C)OC(=O)c1ccc([I+]c2ccc(C(=O)OC(C)(C)C)s2)s1.Fc1c(F)c(F)c([B-](c2c(F)c(F)c(F)c(F)c2F)(c2c(F)c(F)c(F)c(F)c2F)c2c(F)c(F)c(F)c(F)c2F)c(F)c1F. The molecule has 0 bridgehead atoms. The molecule has 0 radical (unpaired) electrons. The molecular formula is C42H22BF20IO4S2. The van der Waals surface area contributed by atoms with Crippen molar-refractivity contribution in [2.75, 3.05) is 0 Å². The van der Waals surface area contributed by atoms with Crippen molar-refractivity contribution in [3.8, 4) is 0 Å². The lowest BCUT2D eigenvalue weighted by Crippen LogP contribution is -3.61. The standard InChI is InChI=1S/C24BF20.C18H22IO4S2/c26-5-1(6(27)14(35)21(42)13(5)34)25(2-7(28)15(36)22(43)16(37)8(2)29,3-9(30)17(38)23(44)18(39)10(3)31)4-11(32)19(40)24(45)20(41)12(4)33;1-17(2,3)22-15(20)11-7-9-13(24-11)19-14-10-8-12(25-14)16(21)23-18(4,5)6/h;7-10H,1-6H3/q-1;+1. The molecule has 376 valence electrons. The van der Waals surface area contributed by atoms with Gasteiger partial charge < -0.3 is 9.47 Å². The molecule has 0 saturated heterocycles. The highest BCUT2D eigenvalue weighted by Gasteiger charge is 2.52. The maximum atomic E-state index is 15.4. The van der Waals surface area contributed by atoms with Gasteiger partial charge in [0.15, 0.2) is 69.8 Å². The van der Waals surface area contributed by atoms with E-state index in [2.05, 4.69) is 0 Å². The Kier molecular flexibility index (Phi) is 15.9. The Morgan fingerprint density at radius 3 is 0.729 bits per heavy atom. The van der Waals surface area contributed by atoms with E-state index in [1.807, 2.05) is 65.8 Å². The van der Waals surface area contributed by atoms with Crippen LogP contribution in [0, 0.1) is 122 Å². The Labute approximate surface area is 398 Å². The molecule has 0 aliphatic rings. The fourth-order valence-electron chi connectivity index (χ4n) is 6.57. The van der Waals surface area contributed by atoms with Gasteiger partial charge in [-0.15, -0.1) is 21.9 Å². The first-order chi connectivity index (χ1) is 32.1. The molecule has 0 atom stereocenters. The Balaban J connectivity index is 0.000000308. The Morgan fingerprint density at radius 1 is 0.357 bits per heavy atom. The molecule has 6 rings (SSSR count). The van der Waals surface area contributed by atoms with Crippen LogP contribution in [-0.2, 0) is 9.47 Å². The second-order valence-electron chi connectivity index (χ2n) is 16.1. The summed E-state index contributed by atoms with van der Waals surface area (Å²) in [7, 11) is 0. The molecule has 0 aliphatic heterocycles. The summed E-state index contributed by atoms with van der Waals surface area (Å²) < 4.78 is 307. The van der Waals surface area contributed by atoms with Crippen molar-refractivity contribution in [1.29, 1.82) is 0 Å². The molecule has 2 aromatic heterocycles. The zero-order valence-corrected chi connectivity index (χ0v) is 39.1. The lowest BCUT2D eigenvalue weighted by molar-refractivity contribution is -0.585. The zero-order valence-electron chi connectivity index (χ0n) is 35.3. The summed E-state index contributed by atoms with van der Waals surface area (Å²) in [4.78, 5) is 25.4. The van der Waals surface area contributed by atoms with Crippen LogP contribution in [-0.4, -0.2) is 29.3 Å². The minimum Gasteiger partial charge on any atom is -0.456 e. The zero-order chi connectivity index (χ0) is 53.2. The molecule has 28 heteroatoms. The third kappa shape index (κ3) is 9.94. The number of benzene rings is 4. The molecule has 0 aliphatic carbocycles. The van der Waals surface area contributed by atoms with Gasteiger partial charge in [0, 0.05) is 12.1 Å². The predicted molar refractivity (Wildman–Crippen MR) is 206 cm³/mol. The van der Waals surface area contributed by atoms with Crippen molar-refractivity contribution in [1.82, 2.24) is 0 Å². The number of rotatable bonds is 8. The van der Waals surface area contributed by atoms with Crippen LogP contribution in [0.3, 0.4) is 0 Å². The van der Waals surface area contributed by atoms with Crippen LogP contribution in [0.5, 0.6) is 0 Å². The molecule has 6 aromatic rings. The molecule has 70 heavy (non-hydrogen) atoms. The largest absolute Gasteiger partial charge is 0.456 e. The number of hydrogen-bond donors (Lipinski definition) is 0. The van der Waals surface area contributed by atoms with E-state index in [1.165, 1.54) is 22.7 Å². The Bertz CT molecular complexity index is 2660. The topological polar surface area (TPSA) is 52.6 Å². The molecule has 0 fully saturated rings. The maximum Gasteiger partial charge on any atom is 0.381 e. The van der Waals surface area contributed by atoms with Crippen molar-refractivity contribution < 1.29 is 128 Å². The van der Waals surface area contributed by atoms with Crippen LogP contribution in [0.1, 0.15) is 60.9 Å². The monoisotopic (exact) mass is 1170 g/mol. The fraction of sp³-hybridized carbons (Fsp3) is 0.190. The number of esters is 2. The minimum absolute atomic E-state index is 0.284. The summed E-state index contributed by atoms with van der Waals surface area (Å²) in [5.74, 6) is -72.0. The molecule has 2 heterocycles. The third-order valence-electron chi connectivity index (χ3n) is 9.24. The highest BCUT2D eigenvalue weighted by molar-refractivity contribution is 7.20. The maximum absolute atomic E-state index is 15.4. The van der Waals surface area contributed by atoms with Gasteiger partial charge in [0.25, 0.3) is 0 Å². The molecule has 4 aromatic carbocycles. The summed E-state index contributed by atoms with van der Waals surface area (Å²) in [6.45, 7) is 11.1. The van der Waals surface area contributed by atoms with Gasteiger partial charge >= 0.3 is 33.1 Å². The van der Waals surface area contributed by atoms with Crippen LogP contribution in [0.2, 0.25) is 0 Å². The lowest BCUT2D eigenvalue weighted by Gasteiger charge is -2.44. The second kappa shape index (κ2) is 20.0. The quantitative estimate of drug-likeness (QED) is 0.0392. The van der Waals surface area contributed by atoms with Crippen molar-refractivity contribution in [2.24, 2.45) is 0 Å². The number of carbonyl (C=O) groups excluding carboxylic acids is 2. The summed E-state index contributed by atoms with van der Waals surface area (Å²) in [5.41, 5.74) is -15.3. The number of ether oxygens (including phenoxy) is 2. The van der Waals surface area contributed by atoms with Crippen molar-refractivity contribution >= 4 is 62.6 Å². The van der Waals surface area contributed by atoms with Crippen molar-refractivity contribution in [2.45, 2.75) is 52.7 Å². The predicted octanol–water partition coefficient (Wildman–Crippen LogP) is 7.69. The van der Waals surface area contributed by atoms with E-state index in [0.29, 0.717) is 9.75 Å². The lowest BCUT2D eigenvalue weighted by atomic mass is 9.12. The van der Waals surface area contributed by atoms with Crippen molar-refractivity contribution in [3.63, 3.8) is 0 Å². The molecular weight excluding hydrogens is 1150 g/mol. The van der Waals surface area contributed by atoms with E-state index in [0.717, 1.165) is 5.77 Å². The Hall–Kier alpha value is -5.39. The van der Waals surface area contributed by atoms with Gasteiger partial charge in [-0.05, 0) is 53.7 Å². The van der Waals surface area contributed by atoms with E-state index in [1.54, 1.807) is 0 Å². The summed E-state index contributed by atoms with van der Waals surface area (Å²) in [5, 5.41) is 0. The second-order valence-corrected chi connectivity index (χ2v) is 22.6. The first-order valence-electron chi connectivity index (χ1n) is 18.7. The van der Waals surface area contributed by atoms with Gasteiger partial charge in [0.05, 0.1) is 0 Å². The number of hydrogen-bond acceptors (Lipinski definition) is 6. The van der Waals surface area contributed by atoms with E-state index in [4.69, 9.17) is 9.47 Å². The summed E-state index contributed by atoms with van der Waals surface area (Å²) in [6, 6.07) is 7.58. The van der Waals surface area contributed by atoms with E-state index >= 15 is 35.1 Å². The van der Waals surface area contributed by atoms with Crippen LogP contribution in [0.25, 0.3) is 0 Å². The van der Waals surface area contributed by atoms with Gasteiger partial charge in [0.2, 0.25) is 5.77 Å². The van der Waals surface area contributed by atoms with Crippen LogP contribution in [0.4, 0.5) is 87.8 Å². The highest BCUT2D eigenvalue weighted by atomic mass is 127. The first-order valence-corrected chi connectivity index (χ1v) is 22.5. The van der Waals surface area contributed by atoms with E-state index in [-0.39, 0.29) is 11.9 Å². The highest BCUT2D eigenvalue weighted by Crippen LogP contribution is 2.31. The van der Waals surface area contributed by atoms with Gasteiger partial charge in [-0.25, -0.2) is 97.4 Å². The van der Waals surface area contributed by atoms with Gasteiger partial charge in [0.1, 0.15) is 73.6 Å².